The molecule has 6 nitrogen and oxygen atoms in total. The lowest BCUT2D eigenvalue weighted by Gasteiger charge is -2.10. The lowest BCUT2D eigenvalue weighted by molar-refractivity contribution is 0.0736. The Morgan fingerprint density at radius 2 is 2.00 bits per heavy atom. The number of hydrogen-bond acceptors (Lipinski definition) is 5. The first-order chi connectivity index (χ1) is 10.0. The van der Waals surface area contributed by atoms with E-state index in [4.69, 9.17) is 9.47 Å². The quantitative estimate of drug-likeness (QED) is 0.594. The van der Waals surface area contributed by atoms with Crippen LogP contribution in [0.15, 0.2) is 27.6 Å². The average molecular weight is 381 g/mol. The van der Waals surface area contributed by atoms with Crippen molar-refractivity contribution in [1.82, 2.24) is 10.0 Å². The van der Waals surface area contributed by atoms with Gasteiger partial charge >= 0.3 is 0 Å². The number of rotatable bonds is 10. The number of benzene rings is 1. The van der Waals surface area contributed by atoms with Gasteiger partial charge in [-0.3, -0.25) is 0 Å². The van der Waals surface area contributed by atoms with Gasteiger partial charge in [0, 0.05) is 24.7 Å². The van der Waals surface area contributed by atoms with Crippen LogP contribution >= 0.6 is 15.9 Å². The second-order valence-corrected chi connectivity index (χ2v) is 6.89. The van der Waals surface area contributed by atoms with E-state index in [1.807, 2.05) is 13.1 Å². The van der Waals surface area contributed by atoms with Crippen LogP contribution in [-0.2, 0) is 26.0 Å². The third-order valence-corrected chi connectivity index (χ3v) is 5.09. The topological polar surface area (TPSA) is 76.7 Å². The van der Waals surface area contributed by atoms with Crippen molar-refractivity contribution >= 4 is 26.0 Å². The Balaban J connectivity index is 2.63. The molecular weight excluding hydrogens is 360 g/mol. The average Bonchev–Trinajstić information content (AvgIpc) is 2.45. The summed E-state index contributed by atoms with van der Waals surface area (Å²) in [5.41, 5.74) is 0.900. The Kier molecular flexibility index (Phi) is 8.38. The molecule has 1 aromatic carbocycles. The molecule has 0 unspecified atom stereocenters. The molecule has 0 bridgehead atoms. The molecule has 21 heavy (non-hydrogen) atoms. The SMILES string of the molecule is CNCc1ccc(Br)c(S(=O)(=O)NCCOCCOC)c1. The zero-order valence-electron chi connectivity index (χ0n) is 12.2. The van der Waals surface area contributed by atoms with Gasteiger partial charge < -0.3 is 14.8 Å². The monoisotopic (exact) mass is 380 g/mol. The van der Waals surface area contributed by atoms with E-state index in [9.17, 15) is 8.42 Å². The Morgan fingerprint density at radius 3 is 2.67 bits per heavy atom. The second kappa shape index (κ2) is 9.50. The van der Waals surface area contributed by atoms with Crippen LogP contribution in [0.2, 0.25) is 0 Å². The van der Waals surface area contributed by atoms with Gasteiger partial charge in [0.15, 0.2) is 0 Å². The summed E-state index contributed by atoms with van der Waals surface area (Å²) in [5, 5.41) is 2.99. The molecule has 120 valence electrons. The summed E-state index contributed by atoms with van der Waals surface area (Å²) in [7, 11) is -0.164. The molecule has 2 N–H and O–H groups in total. The zero-order chi connectivity index (χ0) is 15.7. The molecule has 0 aliphatic carbocycles. The minimum absolute atomic E-state index is 0.217. The number of halogens is 1. The van der Waals surface area contributed by atoms with Crippen molar-refractivity contribution < 1.29 is 17.9 Å². The van der Waals surface area contributed by atoms with Crippen molar-refractivity contribution in [2.75, 3.05) is 40.5 Å². The number of nitrogens with one attached hydrogen (secondary N) is 2. The molecule has 1 rings (SSSR count). The van der Waals surface area contributed by atoms with Gasteiger partial charge in [0.25, 0.3) is 0 Å². The molecule has 0 saturated heterocycles. The summed E-state index contributed by atoms with van der Waals surface area (Å²) in [6, 6.07) is 5.25. The normalized spacial score (nSPS) is 11.8. The van der Waals surface area contributed by atoms with Crippen molar-refractivity contribution in [1.29, 1.82) is 0 Å². The van der Waals surface area contributed by atoms with Gasteiger partial charge in [-0.25, -0.2) is 13.1 Å². The maximum absolute atomic E-state index is 12.3. The third kappa shape index (κ3) is 6.41. The van der Waals surface area contributed by atoms with Gasteiger partial charge in [0.05, 0.1) is 24.7 Å². The molecule has 0 radical (unpaired) electrons. The first-order valence-electron chi connectivity index (χ1n) is 6.50. The van der Waals surface area contributed by atoms with E-state index in [1.165, 1.54) is 0 Å². The Morgan fingerprint density at radius 1 is 1.24 bits per heavy atom. The first kappa shape index (κ1) is 18.5. The van der Waals surface area contributed by atoms with Crippen LogP contribution in [0.4, 0.5) is 0 Å². The van der Waals surface area contributed by atoms with E-state index in [1.54, 1.807) is 19.2 Å². The predicted molar refractivity (Wildman–Crippen MR) is 84.8 cm³/mol. The van der Waals surface area contributed by atoms with Gasteiger partial charge in [0.1, 0.15) is 0 Å². The fourth-order valence-corrected chi connectivity index (χ4v) is 3.66. The third-order valence-electron chi connectivity index (χ3n) is 2.64. The van der Waals surface area contributed by atoms with Gasteiger partial charge in [-0.15, -0.1) is 0 Å². The maximum Gasteiger partial charge on any atom is 0.241 e. The van der Waals surface area contributed by atoms with Crippen LogP contribution in [0.1, 0.15) is 5.56 Å². The van der Waals surface area contributed by atoms with Gasteiger partial charge in [-0.1, -0.05) is 6.07 Å². The minimum atomic E-state index is -3.56. The van der Waals surface area contributed by atoms with Gasteiger partial charge in [-0.05, 0) is 40.7 Å². The largest absolute Gasteiger partial charge is 0.382 e. The number of hydrogen-bond donors (Lipinski definition) is 2. The summed E-state index contributed by atoms with van der Waals surface area (Å²) in [4.78, 5) is 0.229. The molecule has 1 aromatic rings. The van der Waals surface area contributed by atoms with E-state index in [2.05, 4.69) is 26.0 Å². The highest BCUT2D eigenvalue weighted by Gasteiger charge is 2.17. The predicted octanol–water partition coefficient (Wildman–Crippen LogP) is 1.11. The second-order valence-electron chi connectivity index (χ2n) is 4.30. The summed E-state index contributed by atoms with van der Waals surface area (Å²) in [6.45, 7) is 2.06. The molecule has 0 fully saturated rings. The smallest absolute Gasteiger partial charge is 0.241 e. The minimum Gasteiger partial charge on any atom is -0.382 e. The highest BCUT2D eigenvalue weighted by Crippen LogP contribution is 2.23. The Labute approximate surface area is 134 Å². The Bertz CT molecular complexity index is 537. The summed E-state index contributed by atoms with van der Waals surface area (Å²) in [5.74, 6) is 0. The summed E-state index contributed by atoms with van der Waals surface area (Å²) >= 11 is 3.27. The molecule has 0 aliphatic heterocycles. The molecule has 0 aromatic heterocycles. The lowest BCUT2D eigenvalue weighted by Crippen LogP contribution is -2.28. The zero-order valence-corrected chi connectivity index (χ0v) is 14.6. The molecule has 0 amide bonds. The van der Waals surface area contributed by atoms with Crippen LogP contribution in [0.3, 0.4) is 0 Å². The fraction of sp³-hybridized carbons (Fsp3) is 0.538. The molecule has 0 saturated carbocycles. The Hall–Kier alpha value is -0.510. The molecule has 0 aliphatic rings. The van der Waals surface area contributed by atoms with E-state index < -0.39 is 10.0 Å². The highest BCUT2D eigenvalue weighted by molar-refractivity contribution is 9.10. The summed E-state index contributed by atoms with van der Waals surface area (Å²) < 4.78 is 37.6. The van der Waals surface area contributed by atoms with E-state index in [0.717, 1.165) is 5.56 Å². The van der Waals surface area contributed by atoms with Crippen molar-refractivity contribution in [2.45, 2.75) is 11.4 Å². The highest BCUT2D eigenvalue weighted by atomic mass is 79.9. The maximum atomic E-state index is 12.3. The van der Waals surface area contributed by atoms with Crippen LogP contribution in [0, 0.1) is 0 Å². The molecule has 0 heterocycles. The number of methoxy groups -OCH3 is 1. The first-order valence-corrected chi connectivity index (χ1v) is 8.78. The molecular formula is C13H21BrN2O4S. The van der Waals surface area contributed by atoms with E-state index in [0.29, 0.717) is 30.8 Å². The molecule has 0 atom stereocenters. The fourth-order valence-electron chi connectivity index (χ4n) is 1.64. The van der Waals surface area contributed by atoms with Crippen LogP contribution in [0.5, 0.6) is 0 Å². The van der Waals surface area contributed by atoms with Crippen LogP contribution in [0.25, 0.3) is 0 Å². The van der Waals surface area contributed by atoms with Crippen LogP contribution in [-0.4, -0.2) is 48.9 Å². The lowest BCUT2D eigenvalue weighted by atomic mass is 10.2. The van der Waals surface area contributed by atoms with Crippen molar-refractivity contribution in [2.24, 2.45) is 0 Å². The standard InChI is InChI=1S/C13H21BrN2O4S/c1-15-10-11-3-4-12(14)13(9-11)21(17,18)16-5-6-20-8-7-19-2/h3-4,9,15-16H,5-8,10H2,1-2H3. The summed E-state index contributed by atoms with van der Waals surface area (Å²) in [6.07, 6.45) is 0. The van der Waals surface area contributed by atoms with Crippen molar-refractivity contribution in [3.63, 3.8) is 0 Å². The van der Waals surface area contributed by atoms with E-state index >= 15 is 0 Å². The number of sulfonamides is 1. The molecule has 8 heteroatoms. The van der Waals surface area contributed by atoms with Crippen LogP contribution < -0.4 is 10.0 Å². The van der Waals surface area contributed by atoms with Gasteiger partial charge in [-0.2, -0.15) is 0 Å². The van der Waals surface area contributed by atoms with Crippen molar-refractivity contribution in [3.05, 3.63) is 28.2 Å². The number of ether oxygens (including phenoxy) is 2. The molecule has 0 spiro atoms. The van der Waals surface area contributed by atoms with Gasteiger partial charge in [0.2, 0.25) is 10.0 Å². The van der Waals surface area contributed by atoms with Crippen molar-refractivity contribution in [3.8, 4) is 0 Å². The van der Waals surface area contributed by atoms with E-state index in [-0.39, 0.29) is 11.4 Å².